The first-order valence-electron chi connectivity index (χ1n) is 8.87. The summed E-state index contributed by atoms with van der Waals surface area (Å²) in [7, 11) is 1.31. The molecule has 0 aliphatic rings. The van der Waals surface area contributed by atoms with Gasteiger partial charge < -0.3 is 14.8 Å². The molecular formula is C21H25ClN2O4. The van der Waals surface area contributed by atoms with Crippen LogP contribution in [0, 0.1) is 6.92 Å². The van der Waals surface area contributed by atoms with E-state index in [9.17, 15) is 9.59 Å². The number of benzene rings is 1. The maximum absolute atomic E-state index is 12.2. The highest BCUT2D eigenvalue weighted by Gasteiger charge is 2.19. The van der Waals surface area contributed by atoms with Crippen LogP contribution in [0.1, 0.15) is 42.4 Å². The fourth-order valence-corrected chi connectivity index (χ4v) is 2.84. The van der Waals surface area contributed by atoms with E-state index in [1.807, 2.05) is 39.8 Å². The van der Waals surface area contributed by atoms with Crippen LogP contribution in [0.4, 0.5) is 0 Å². The molecule has 1 heterocycles. The second-order valence-electron chi connectivity index (χ2n) is 7.39. The monoisotopic (exact) mass is 404 g/mol. The van der Waals surface area contributed by atoms with Crippen molar-refractivity contribution in [1.82, 2.24) is 10.3 Å². The van der Waals surface area contributed by atoms with E-state index in [1.54, 1.807) is 18.3 Å². The van der Waals surface area contributed by atoms with Gasteiger partial charge in [-0.1, -0.05) is 17.7 Å². The molecule has 1 aromatic carbocycles. The summed E-state index contributed by atoms with van der Waals surface area (Å²) >= 11 is 6.20. The molecule has 6 nitrogen and oxygen atoms in total. The molecule has 0 aliphatic heterocycles. The Morgan fingerprint density at radius 3 is 2.54 bits per heavy atom. The zero-order valence-electron chi connectivity index (χ0n) is 16.8. The summed E-state index contributed by atoms with van der Waals surface area (Å²) < 4.78 is 10.2. The first-order valence-corrected chi connectivity index (χ1v) is 9.25. The van der Waals surface area contributed by atoms with Gasteiger partial charge >= 0.3 is 11.9 Å². The van der Waals surface area contributed by atoms with Crippen LogP contribution in [-0.4, -0.2) is 36.2 Å². The van der Waals surface area contributed by atoms with Gasteiger partial charge in [-0.05, 0) is 62.6 Å². The van der Waals surface area contributed by atoms with Crippen LogP contribution in [0.15, 0.2) is 30.5 Å². The standard InChI is InChI=1S/C21H25ClN2O4/c1-13-8-17(19(24-10-13)20(26)27-5)16-9-15(22)7-6-14(16)11-23-12-18(25)28-21(2,3)4/h6-10,23H,11-12H2,1-5H3. The van der Waals surface area contributed by atoms with E-state index < -0.39 is 11.6 Å². The number of pyridine rings is 1. The highest BCUT2D eigenvalue weighted by Crippen LogP contribution is 2.30. The zero-order valence-corrected chi connectivity index (χ0v) is 17.5. The third-order valence-corrected chi connectivity index (χ3v) is 4.01. The number of hydrogen-bond donors (Lipinski definition) is 1. The average molecular weight is 405 g/mol. The van der Waals surface area contributed by atoms with E-state index in [1.165, 1.54) is 7.11 Å². The van der Waals surface area contributed by atoms with Gasteiger partial charge in [-0.3, -0.25) is 4.79 Å². The van der Waals surface area contributed by atoms with Gasteiger partial charge in [-0.2, -0.15) is 0 Å². The van der Waals surface area contributed by atoms with Crippen LogP contribution >= 0.6 is 11.6 Å². The predicted octanol–water partition coefficient (Wildman–Crippen LogP) is 3.93. The lowest BCUT2D eigenvalue weighted by atomic mass is 9.97. The third-order valence-electron chi connectivity index (χ3n) is 3.77. The van der Waals surface area contributed by atoms with Gasteiger partial charge in [0.25, 0.3) is 0 Å². The van der Waals surface area contributed by atoms with E-state index in [2.05, 4.69) is 10.3 Å². The number of ether oxygens (including phenoxy) is 2. The Hall–Kier alpha value is -2.44. The summed E-state index contributed by atoms with van der Waals surface area (Å²) in [6, 6.07) is 7.25. The zero-order chi connectivity index (χ0) is 20.9. The van der Waals surface area contributed by atoms with E-state index in [-0.39, 0.29) is 18.2 Å². The van der Waals surface area contributed by atoms with Crippen molar-refractivity contribution in [2.45, 2.75) is 39.8 Å². The second kappa shape index (κ2) is 9.17. The summed E-state index contributed by atoms with van der Waals surface area (Å²) in [5.41, 5.74) is 2.82. The Morgan fingerprint density at radius 1 is 1.18 bits per heavy atom. The first kappa shape index (κ1) is 21.9. The molecule has 1 N–H and O–H groups in total. The number of esters is 2. The lowest BCUT2D eigenvalue weighted by molar-refractivity contribution is -0.153. The number of halogens is 1. The molecule has 0 fully saturated rings. The third kappa shape index (κ3) is 6.04. The van der Waals surface area contributed by atoms with Crippen LogP contribution in [0.2, 0.25) is 5.02 Å². The number of nitrogens with one attached hydrogen (secondary N) is 1. The quantitative estimate of drug-likeness (QED) is 0.735. The summed E-state index contributed by atoms with van der Waals surface area (Å²) in [5.74, 6) is -0.863. The normalized spacial score (nSPS) is 11.2. The topological polar surface area (TPSA) is 77.5 Å². The lowest BCUT2D eigenvalue weighted by Gasteiger charge is -2.20. The number of nitrogens with zero attached hydrogens (tertiary/aromatic N) is 1. The molecule has 2 rings (SSSR count). The maximum atomic E-state index is 12.2. The van der Waals surface area contributed by atoms with Crippen LogP contribution < -0.4 is 5.32 Å². The molecule has 28 heavy (non-hydrogen) atoms. The van der Waals surface area contributed by atoms with Crippen molar-refractivity contribution in [3.05, 3.63) is 52.3 Å². The van der Waals surface area contributed by atoms with Crippen molar-refractivity contribution in [3.8, 4) is 11.1 Å². The molecule has 7 heteroatoms. The Labute approximate surface area is 170 Å². The summed E-state index contributed by atoms with van der Waals surface area (Å²) in [4.78, 5) is 28.3. The predicted molar refractivity (Wildman–Crippen MR) is 108 cm³/mol. The average Bonchev–Trinajstić information content (AvgIpc) is 2.60. The number of aromatic nitrogens is 1. The summed E-state index contributed by atoms with van der Waals surface area (Å²) in [5, 5.41) is 3.61. The number of carbonyl (C=O) groups is 2. The summed E-state index contributed by atoms with van der Waals surface area (Å²) in [6.45, 7) is 7.81. The molecule has 0 atom stereocenters. The Morgan fingerprint density at radius 2 is 1.89 bits per heavy atom. The van der Waals surface area contributed by atoms with Crippen molar-refractivity contribution >= 4 is 23.5 Å². The van der Waals surface area contributed by atoms with Gasteiger partial charge in [0.2, 0.25) is 0 Å². The fourth-order valence-electron chi connectivity index (χ4n) is 2.66. The van der Waals surface area contributed by atoms with Crippen molar-refractivity contribution in [2.24, 2.45) is 0 Å². The Balaban J connectivity index is 2.30. The van der Waals surface area contributed by atoms with Crippen molar-refractivity contribution in [2.75, 3.05) is 13.7 Å². The molecule has 0 saturated carbocycles. The Kier molecular flexibility index (Phi) is 7.16. The highest BCUT2D eigenvalue weighted by atomic mass is 35.5. The van der Waals surface area contributed by atoms with Crippen LogP contribution in [-0.2, 0) is 20.8 Å². The molecule has 2 aromatic rings. The van der Waals surface area contributed by atoms with Crippen molar-refractivity contribution in [1.29, 1.82) is 0 Å². The van der Waals surface area contributed by atoms with Gasteiger partial charge in [-0.25, -0.2) is 9.78 Å². The number of rotatable bonds is 6. The largest absolute Gasteiger partial charge is 0.464 e. The van der Waals surface area contributed by atoms with Gasteiger partial charge in [0, 0.05) is 23.3 Å². The van der Waals surface area contributed by atoms with Gasteiger partial charge in [0.05, 0.1) is 13.7 Å². The summed E-state index contributed by atoms with van der Waals surface area (Å²) in [6.07, 6.45) is 1.61. The molecule has 0 unspecified atom stereocenters. The molecule has 1 aromatic heterocycles. The van der Waals surface area contributed by atoms with E-state index in [4.69, 9.17) is 21.1 Å². The maximum Gasteiger partial charge on any atom is 0.357 e. The lowest BCUT2D eigenvalue weighted by Crippen LogP contribution is -2.31. The van der Waals surface area contributed by atoms with E-state index in [0.29, 0.717) is 17.1 Å². The molecule has 0 bridgehead atoms. The molecule has 0 spiro atoms. The molecule has 0 amide bonds. The molecule has 0 radical (unpaired) electrons. The fraction of sp³-hybridized carbons (Fsp3) is 0.381. The highest BCUT2D eigenvalue weighted by molar-refractivity contribution is 6.31. The van der Waals surface area contributed by atoms with Gasteiger partial charge in [-0.15, -0.1) is 0 Å². The van der Waals surface area contributed by atoms with Crippen molar-refractivity contribution < 1.29 is 19.1 Å². The van der Waals surface area contributed by atoms with Crippen LogP contribution in [0.3, 0.4) is 0 Å². The van der Waals surface area contributed by atoms with E-state index in [0.717, 1.165) is 16.7 Å². The van der Waals surface area contributed by atoms with Crippen LogP contribution in [0.25, 0.3) is 11.1 Å². The Bertz CT molecular complexity index is 875. The molecule has 150 valence electrons. The minimum atomic E-state index is -0.535. The first-order chi connectivity index (χ1) is 13.1. The molecular weight excluding hydrogens is 380 g/mol. The smallest absolute Gasteiger partial charge is 0.357 e. The number of methoxy groups -OCH3 is 1. The SMILES string of the molecule is COC(=O)c1ncc(C)cc1-c1cc(Cl)ccc1CNCC(=O)OC(C)(C)C. The second-order valence-corrected chi connectivity index (χ2v) is 7.83. The minimum absolute atomic E-state index is 0.0647. The van der Waals surface area contributed by atoms with E-state index >= 15 is 0 Å². The van der Waals surface area contributed by atoms with Gasteiger partial charge in [0.15, 0.2) is 5.69 Å². The van der Waals surface area contributed by atoms with Crippen molar-refractivity contribution in [3.63, 3.8) is 0 Å². The minimum Gasteiger partial charge on any atom is -0.464 e. The molecule has 0 saturated heterocycles. The number of hydrogen-bond acceptors (Lipinski definition) is 6. The molecule has 0 aliphatic carbocycles. The van der Waals surface area contributed by atoms with Gasteiger partial charge in [0.1, 0.15) is 5.60 Å². The number of carbonyl (C=O) groups excluding carboxylic acids is 2. The van der Waals surface area contributed by atoms with Crippen LogP contribution in [0.5, 0.6) is 0 Å². The number of aryl methyl sites for hydroxylation is 1.